The van der Waals surface area contributed by atoms with Crippen molar-refractivity contribution in [3.63, 3.8) is 0 Å². The van der Waals surface area contributed by atoms with Crippen molar-refractivity contribution in [1.82, 2.24) is 21.6 Å². The number of hydrogen-bond acceptors (Lipinski definition) is 11. The minimum Gasteiger partial charge on any atom is -0.467 e. The average molecular weight is 419 g/mol. The molecule has 2 amide bonds. The highest BCUT2D eigenvalue weighted by Gasteiger charge is 2.48. The summed E-state index contributed by atoms with van der Waals surface area (Å²) < 4.78 is 20.8. The van der Waals surface area contributed by atoms with Gasteiger partial charge in [-0.1, -0.05) is 0 Å². The molecule has 1 fully saturated rings. The maximum atomic E-state index is 12.0. The molecule has 0 spiro atoms. The number of ether oxygens (including phenoxy) is 4. The fourth-order valence-electron chi connectivity index (χ4n) is 3.00. The molecule has 1 rings (SSSR count). The molecule has 29 heavy (non-hydrogen) atoms. The first-order valence-corrected chi connectivity index (χ1v) is 9.06. The molecule has 0 aromatic carbocycles. The number of amides is 2. The van der Waals surface area contributed by atoms with E-state index in [0.29, 0.717) is 19.4 Å². The van der Waals surface area contributed by atoms with Crippen molar-refractivity contribution in [3.05, 3.63) is 0 Å². The normalized spacial score (nSPS) is 26.2. The molecule has 0 radical (unpaired) electrons. The van der Waals surface area contributed by atoms with Gasteiger partial charge in [-0.15, -0.1) is 0 Å². The van der Waals surface area contributed by atoms with Crippen LogP contribution >= 0.6 is 0 Å². The van der Waals surface area contributed by atoms with Gasteiger partial charge >= 0.3 is 0 Å². The molecule has 1 heterocycles. The van der Waals surface area contributed by atoms with Gasteiger partial charge in [0.25, 0.3) is 12.9 Å². The van der Waals surface area contributed by atoms with E-state index in [4.69, 9.17) is 24.8 Å². The molecule has 1 aliphatic heterocycles. The first-order valence-electron chi connectivity index (χ1n) is 9.06. The van der Waals surface area contributed by atoms with Crippen LogP contribution in [0.5, 0.6) is 0 Å². The largest absolute Gasteiger partial charge is 0.467 e. The first kappa shape index (κ1) is 24.7. The number of hydrazine groups is 2. The third-order valence-electron chi connectivity index (χ3n) is 4.28. The summed E-state index contributed by atoms with van der Waals surface area (Å²) in [5.74, 6) is 3.84. The van der Waals surface area contributed by atoms with Crippen LogP contribution in [0.25, 0.3) is 0 Å². The number of rotatable bonds is 14. The minimum atomic E-state index is -1.16. The Morgan fingerprint density at radius 3 is 2.55 bits per heavy atom. The summed E-state index contributed by atoms with van der Waals surface area (Å²) >= 11 is 0. The predicted molar refractivity (Wildman–Crippen MR) is 97.0 cm³/mol. The molecule has 0 bridgehead atoms. The van der Waals surface area contributed by atoms with Crippen LogP contribution in [0.2, 0.25) is 0 Å². The van der Waals surface area contributed by atoms with Gasteiger partial charge in [0.2, 0.25) is 18.1 Å². The van der Waals surface area contributed by atoms with E-state index < -0.39 is 30.6 Å². The van der Waals surface area contributed by atoms with E-state index in [1.54, 1.807) is 0 Å². The molecule has 0 aromatic rings. The molecule has 2 unspecified atom stereocenters. The molecule has 1 saturated heterocycles. The number of nitrogens with one attached hydrogen (secondary N) is 4. The summed E-state index contributed by atoms with van der Waals surface area (Å²) in [6.45, 7) is 2.18. The Bertz CT molecular complexity index is 537. The highest BCUT2D eigenvalue weighted by Crippen LogP contribution is 2.28. The van der Waals surface area contributed by atoms with Gasteiger partial charge in [-0.3, -0.25) is 35.9 Å². The lowest BCUT2D eigenvalue weighted by molar-refractivity contribution is -0.267. The molecule has 0 aromatic heterocycles. The Kier molecular flexibility index (Phi) is 11.8. The van der Waals surface area contributed by atoms with Gasteiger partial charge in [-0.05, 0) is 12.8 Å². The van der Waals surface area contributed by atoms with Crippen LogP contribution in [-0.2, 0) is 38.1 Å². The lowest BCUT2D eigenvalue weighted by Crippen LogP contribution is -2.68. The highest BCUT2D eigenvalue weighted by molar-refractivity contribution is 5.75. The number of unbranched alkanes of at least 4 members (excludes halogenated alkanes) is 1. The molecule has 1 aliphatic rings. The quantitative estimate of drug-likeness (QED) is 0.0862. The molecular formula is C16H29N5O8. The van der Waals surface area contributed by atoms with E-state index in [2.05, 4.69) is 21.6 Å². The predicted octanol–water partition coefficient (Wildman–Crippen LogP) is -2.59. The highest BCUT2D eigenvalue weighted by atomic mass is 16.7. The van der Waals surface area contributed by atoms with Crippen molar-refractivity contribution < 1.29 is 38.1 Å². The Morgan fingerprint density at radius 2 is 1.97 bits per heavy atom. The smallest absolute Gasteiger partial charge is 0.295 e. The van der Waals surface area contributed by atoms with Crippen LogP contribution in [0.3, 0.4) is 0 Å². The molecule has 166 valence electrons. The number of nitrogens with two attached hydrogens (primary N) is 1. The summed E-state index contributed by atoms with van der Waals surface area (Å²) in [5.41, 5.74) is 7.68. The summed E-state index contributed by atoms with van der Waals surface area (Å²) in [6, 6.07) is -0.773. The molecule has 13 nitrogen and oxygen atoms in total. The van der Waals surface area contributed by atoms with Gasteiger partial charge in [0.1, 0.15) is 12.3 Å². The van der Waals surface area contributed by atoms with Crippen molar-refractivity contribution in [2.24, 2.45) is 11.8 Å². The standard InChI is InChI=1S/C16H29N5O8/c1-10(24)19-13-11(7-27-8-22)14(26-2)16(28-9-23)29-15(13)21-20-12(25)5-3-4-6-18-17/h8-9,11,13-16,18,21H,3-7,17H2,1-2H3,(H,19,24)(H,20,25)/t11?,13-,14-,15+,16?/m0/s1. The SMILES string of the molecule is CO[C@@H]1C(OC=O)O[C@@H](NNC(=O)CCCCNN)[C@@H](NC(C)=O)C1COC=O. The Morgan fingerprint density at radius 1 is 1.21 bits per heavy atom. The zero-order valence-corrected chi connectivity index (χ0v) is 16.4. The number of hydrogen-bond donors (Lipinski definition) is 5. The van der Waals surface area contributed by atoms with Crippen LogP contribution in [0.15, 0.2) is 0 Å². The maximum absolute atomic E-state index is 12.0. The topological polar surface area (TPSA) is 179 Å². The number of carbonyl (C=O) groups excluding carboxylic acids is 4. The van der Waals surface area contributed by atoms with Crippen molar-refractivity contribution in [1.29, 1.82) is 0 Å². The van der Waals surface area contributed by atoms with E-state index in [1.807, 2.05) is 0 Å². The summed E-state index contributed by atoms with van der Waals surface area (Å²) in [7, 11) is 1.36. The van der Waals surface area contributed by atoms with Gasteiger partial charge in [0.15, 0.2) is 0 Å². The van der Waals surface area contributed by atoms with E-state index in [1.165, 1.54) is 14.0 Å². The van der Waals surface area contributed by atoms with Crippen LogP contribution in [0, 0.1) is 5.92 Å². The van der Waals surface area contributed by atoms with E-state index in [0.717, 1.165) is 0 Å². The van der Waals surface area contributed by atoms with Crippen LogP contribution < -0.4 is 27.4 Å². The van der Waals surface area contributed by atoms with Crippen molar-refractivity contribution in [2.75, 3.05) is 20.3 Å². The first-order chi connectivity index (χ1) is 14.0. The monoisotopic (exact) mass is 419 g/mol. The molecule has 0 saturated carbocycles. The zero-order chi connectivity index (χ0) is 21.6. The fraction of sp³-hybridized carbons (Fsp3) is 0.750. The Balaban J connectivity index is 2.88. The second-order valence-electron chi connectivity index (χ2n) is 6.28. The van der Waals surface area contributed by atoms with Gasteiger partial charge < -0.3 is 24.3 Å². The maximum Gasteiger partial charge on any atom is 0.295 e. The third kappa shape index (κ3) is 8.29. The Hall–Kier alpha value is -2.32. The van der Waals surface area contributed by atoms with E-state index in [9.17, 15) is 19.2 Å². The van der Waals surface area contributed by atoms with Gasteiger partial charge in [-0.25, -0.2) is 5.43 Å². The van der Waals surface area contributed by atoms with E-state index in [-0.39, 0.29) is 37.8 Å². The second-order valence-corrected chi connectivity index (χ2v) is 6.28. The molecule has 13 heteroatoms. The van der Waals surface area contributed by atoms with Crippen molar-refractivity contribution in [3.8, 4) is 0 Å². The Labute approximate surface area is 168 Å². The van der Waals surface area contributed by atoms with Gasteiger partial charge in [0, 0.05) is 32.9 Å². The van der Waals surface area contributed by atoms with Crippen molar-refractivity contribution in [2.45, 2.75) is 50.8 Å². The van der Waals surface area contributed by atoms with E-state index >= 15 is 0 Å². The third-order valence-corrected chi connectivity index (χ3v) is 4.28. The number of carbonyl (C=O) groups is 4. The number of methoxy groups -OCH3 is 1. The molecular weight excluding hydrogens is 390 g/mol. The molecule has 6 N–H and O–H groups in total. The van der Waals surface area contributed by atoms with Crippen LogP contribution in [0.1, 0.15) is 26.2 Å². The van der Waals surface area contributed by atoms with Crippen LogP contribution in [0.4, 0.5) is 0 Å². The fourth-order valence-corrected chi connectivity index (χ4v) is 3.00. The second kappa shape index (κ2) is 13.8. The summed E-state index contributed by atoms with van der Waals surface area (Å²) in [4.78, 5) is 45.2. The lowest BCUT2D eigenvalue weighted by atomic mass is 9.89. The van der Waals surface area contributed by atoms with Gasteiger partial charge in [0.05, 0.1) is 12.6 Å². The minimum absolute atomic E-state index is 0.146. The average Bonchev–Trinajstić information content (AvgIpc) is 2.69. The summed E-state index contributed by atoms with van der Waals surface area (Å²) in [5, 5.41) is 2.68. The summed E-state index contributed by atoms with van der Waals surface area (Å²) in [6.07, 6.45) is -1.43. The van der Waals surface area contributed by atoms with Crippen molar-refractivity contribution >= 4 is 24.8 Å². The zero-order valence-electron chi connectivity index (χ0n) is 16.4. The molecule has 0 aliphatic carbocycles. The van der Waals surface area contributed by atoms with Crippen LogP contribution in [-0.4, -0.2) is 69.7 Å². The molecule has 5 atom stereocenters. The lowest BCUT2D eigenvalue weighted by Gasteiger charge is -2.45. The van der Waals surface area contributed by atoms with Gasteiger partial charge in [-0.2, -0.15) is 0 Å².